The van der Waals surface area contributed by atoms with E-state index in [0.717, 1.165) is 24.6 Å². The van der Waals surface area contributed by atoms with Crippen molar-refractivity contribution in [2.45, 2.75) is 19.5 Å². The maximum atomic E-state index is 8.67. The standard InChI is InChI=1S/C12H14N4/c1-9-7-14-12(16-9)15-8-11-4-2-10(6-13)3-5-11/h2-5,9H,7-8H2,1H3,(H2,14,15,16). The molecule has 2 rings (SSSR count). The highest BCUT2D eigenvalue weighted by molar-refractivity contribution is 5.81. The van der Waals surface area contributed by atoms with E-state index in [2.05, 4.69) is 28.6 Å². The maximum Gasteiger partial charge on any atom is 0.191 e. The predicted molar refractivity (Wildman–Crippen MR) is 62.9 cm³/mol. The minimum Gasteiger partial charge on any atom is -0.352 e. The molecule has 0 fully saturated rings. The van der Waals surface area contributed by atoms with Crippen LogP contribution in [-0.4, -0.2) is 18.5 Å². The number of benzene rings is 1. The Labute approximate surface area is 95.0 Å². The van der Waals surface area contributed by atoms with Crippen molar-refractivity contribution in [3.63, 3.8) is 0 Å². The molecule has 0 bridgehead atoms. The number of nitrogens with zero attached hydrogens (tertiary/aromatic N) is 2. The van der Waals surface area contributed by atoms with Crippen molar-refractivity contribution in [3.05, 3.63) is 35.4 Å². The molecule has 0 amide bonds. The second-order valence-electron chi connectivity index (χ2n) is 3.90. The first-order chi connectivity index (χ1) is 7.78. The first kappa shape index (κ1) is 10.5. The number of guanidine groups is 1. The van der Waals surface area contributed by atoms with Gasteiger partial charge in [-0.2, -0.15) is 5.26 Å². The van der Waals surface area contributed by atoms with Gasteiger partial charge in [0.05, 0.1) is 18.2 Å². The molecular weight excluding hydrogens is 200 g/mol. The highest BCUT2D eigenvalue weighted by Crippen LogP contribution is 2.03. The van der Waals surface area contributed by atoms with Crippen molar-refractivity contribution < 1.29 is 0 Å². The molecule has 4 nitrogen and oxygen atoms in total. The van der Waals surface area contributed by atoms with Gasteiger partial charge in [-0.05, 0) is 24.6 Å². The Bertz CT molecular complexity index is 427. The normalized spacial score (nSPS) is 18.5. The van der Waals surface area contributed by atoms with Gasteiger partial charge in [0.2, 0.25) is 0 Å². The van der Waals surface area contributed by atoms with E-state index in [1.165, 1.54) is 0 Å². The van der Waals surface area contributed by atoms with E-state index < -0.39 is 0 Å². The van der Waals surface area contributed by atoms with Crippen LogP contribution in [0.2, 0.25) is 0 Å². The minimum absolute atomic E-state index is 0.420. The van der Waals surface area contributed by atoms with Crippen molar-refractivity contribution in [2.24, 2.45) is 4.99 Å². The van der Waals surface area contributed by atoms with Crippen LogP contribution in [0.3, 0.4) is 0 Å². The molecule has 1 heterocycles. The first-order valence-electron chi connectivity index (χ1n) is 5.32. The number of nitrogens with one attached hydrogen (secondary N) is 2. The highest BCUT2D eigenvalue weighted by atomic mass is 15.2. The third kappa shape index (κ3) is 2.51. The molecule has 0 saturated heterocycles. The zero-order valence-corrected chi connectivity index (χ0v) is 9.20. The second kappa shape index (κ2) is 4.67. The molecule has 16 heavy (non-hydrogen) atoms. The molecule has 1 atom stereocenters. The fraction of sp³-hybridized carbons (Fsp3) is 0.333. The quantitative estimate of drug-likeness (QED) is 0.772. The summed E-state index contributed by atoms with van der Waals surface area (Å²) in [6, 6.07) is 10.1. The van der Waals surface area contributed by atoms with Gasteiger partial charge in [0.25, 0.3) is 0 Å². The van der Waals surface area contributed by atoms with Crippen LogP contribution in [0.4, 0.5) is 0 Å². The molecular formula is C12H14N4. The largest absolute Gasteiger partial charge is 0.352 e. The van der Waals surface area contributed by atoms with Gasteiger partial charge in [0.15, 0.2) is 5.96 Å². The zero-order chi connectivity index (χ0) is 11.4. The molecule has 0 aliphatic carbocycles. The van der Waals surface area contributed by atoms with Gasteiger partial charge in [-0.15, -0.1) is 0 Å². The van der Waals surface area contributed by atoms with Crippen LogP contribution in [0.25, 0.3) is 0 Å². The lowest BCUT2D eigenvalue weighted by Gasteiger charge is -2.08. The number of hydrogen-bond acceptors (Lipinski definition) is 4. The van der Waals surface area contributed by atoms with E-state index in [0.29, 0.717) is 11.6 Å². The van der Waals surface area contributed by atoms with Crippen molar-refractivity contribution in [1.29, 1.82) is 5.26 Å². The van der Waals surface area contributed by atoms with Crippen molar-refractivity contribution in [2.75, 3.05) is 6.54 Å². The van der Waals surface area contributed by atoms with Crippen molar-refractivity contribution in [1.82, 2.24) is 10.6 Å². The number of nitriles is 1. The topological polar surface area (TPSA) is 60.2 Å². The summed E-state index contributed by atoms with van der Waals surface area (Å²) in [5, 5.41) is 15.1. The van der Waals surface area contributed by atoms with Crippen LogP contribution in [0, 0.1) is 11.3 Å². The molecule has 0 aromatic heterocycles. The Morgan fingerprint density at radius 3 is 2.81 bits per heavy atom. The first-order valence-corrected chi connectivity index (χ1v) is 5.32. The molecule has 1 unspecified atom stereocenters. The second-order valence-corrected chi connectivity index (χ2v) is 3.90. The Kier molecular flexibility index (Phi) is 3.06. The van der Waals surface area contributed by atoms with Crippen molar-refractivity contribution in [3.8, 4) is 6.07 Å². The van der Waals surface area contributed by atoms with Gasteiger partial charge in [-0.1, -0.05) is 12.1 Å². The molecule has 1 aliphatic heterocycles. The van der Waals surface area contributed by atoms with Crippen LogP contribution < -0.4 is 10.6 Å². The van der Waals surface area contributed by atoms with E-state index in [1.54, 1.807) is 0 Å². The molecule has 4 heteroatoms. The summed E-state index contributed by atoms with van der Waals surface area (Å²) >= 11 is 0. The summed E-state index contributed by atoms with van der Waals surface area (Å²) in [4.78, 5) is 4.31. The van der Waals surface area contributed by atoms with Gasteiger partial charge in [-0.3, -0.25) is 4.99 Å². The van der Waals surface area contributed by atoms with E-state index in [1.807, 2.05) is 24.3 Å². The van der Waals surface area contributed by atoms with Gasteiger partial charge >= 0.3 is 0 Å². The number of hydrogen-bond donors (Lipinski definition) is 2. The average molecular weight is 214 g/mol. The monoisotopic (exact) mass is 214 g/mol. The fourth-order valence-electron chi connectivity index (χ4n) is 1.54. The van der Waals surface area contributed by atoms with Crippen molar-refractivity contribution >= 4 is 5.96 Å². The van der Waals surface area contributed by atoms with E-state index in [4.69, 9.17) is 5.26 Å². The highest BCUT2D eigenvalue weighted by Gasteiger charge is 2.11. The van der Waals surface area contributed by atoms with Crippen LogP contribution >= 0.6 is 0 Å². The Hall–Kier alpha value is -2.02. The van der Waals surface area contributed by atoms with Gasteiger partial charge < -0.3 is 10.6 Å². The average Bonchev–Trinajstić information content (AvgIpc) is 2.73. The lowest BCUT2D eigenvalue weighted by Crippen LogP contribution is -2.37. The molecule has 0 saturated carbocycles. The SMILES string of the molecule is CC1CN=C(NCc2ccc(C#N)cc2)N1. The molecule has 0 spiro atoms. The Morgan fingerprint density at radius 2 is 2.25 bits per heavy atom. The Balaban J connectivity index is 1.88. The number of rotatable bonds is 2. The molecule has 0 radical (unpaired) electrons. The van der Waals surface area contributed by atoms with Gasteiger partial charge in [0.1, 0.15) is 0 Å². The van der Waals surface area contributed by atoms with Gasteiger partial charge in [-0.25, -0.2) is 0 Å². The fourth-order valence-corrected chi connectivity index (χ4v) is 1.54. The molecule has 1 aliphatic rings. The summed E-state index contributed by atoms with van der Waals surface area (Å²) in [5.74, 6) is 0.858. The minimum atomic E-state index is 0.420. The van der Waals surface area contributed by atoms with Crippen LogP contribution in [0.15, 0.2) is 29.3 Å². The third-order valence-electron chi connectivity index (χ3n) is 2.45. The van der Waals surface area contributed by atoms with E-state index in [-0.39, 0.29) is 0 Å². The summed E-state index contributed by atoms with van der Waals surface area (Å²) in [6.07, 6.45) is 0. The van der Waals surface area contributed by atoms with Crippen LogP contribution in [-0.2, 0) is 6.54 Å². The molecule has 1 aromatic carbocycles. The summed E-state index contributed by atoms with van der Waals surface area (Å²) < 4.78 is 0. The van der Waals surface area contributed by atoms with E-state index in [9.17, 15) is 0 Å². The summed E-state index contributed by atoms with van der Waals surface area (Å²) in [6.45, 7) is 3.65. The Morgan fingerprint density at radius 1 is 1.50 bits per heavy atom. The maximum absolute atomic E-state index is 8.67. The number of aliphatic imine (C=N–C) groups is 1. The van der Waals surface area contributed by atoms with E-state index >= 15 is 0 Å². The smallest absolute Gasteiger partial charge is 0.191 e. The molecule has 82 valence electrons. The van der Waals surface area contributed by atoms with Crippen LogP contribution in [0.1, 0.15) is 18.1 Å². The summed E-state index contributed by atoms with van der Waals surface area (Å²) in [5.41, 5.74) is 1.83. The molecule has 2 N–H and O–H groups in total. The zero-order valence-electron chi connectivity index (χ0n) is 9.20. The lowest BCUT2D eigenvalue weighted by molar-refractivity contribution is 0.713. The van der Waals surface area contributed by atoms with Crippen LogP contribution in [0.5, 0.6) is 0 Å². The molecule has 1 aromatic rings. The van der Waals surface area contributed by atoms with Gasteiger partial charge in [0, 0.05) is 12.6 Å². The lowest BCUT2D eigenvalue weighted by atomic mass is 10.1. The predicted octanol–water partition coefficient (Wildman–Crippen LogP) is 0.996. The summed E-state index contributed by atoms with van der Waals surface area (Å²) in [7, 11) is 0. The third-order valence-corrected chi connectivity index (χ3v) is 2.45.